The molecule has 0 aromatic heterocycles. The highest BCUT2D eigenvalue weighted by molar-refractivity contribution is 6.32. The molecule has 0 saturated heterocycles. The topological polar surface area (TPSA) is 73.9 Å². The molecule has 1 aliphatic rings. The number of para-hydroxylation sites is 1. The first kappa shape index (κ1) is 19.8. The lowest BCUT2D eigenvalue weighted by molar-refractivity contribution is -0.137. The second kappa shape index (κ2) is 7.59. The van der Waals surface area contributed by atoms with Gasteiger partial charge in [-0.05, 0) is 31.2 Å². The molecule has 10 heteroatoms. The largest absolute Gasteiger partial charge is 0.454 e. The number of carbonyl (C=O) groups is 2. The molecule has 6 nitrogen and oxygen atoms in total. The van der Waals surface area contributed by atoms with Gasteiger partial charge >= 0.3 is 12.1 Å². The van der Waals surface area contributed by atoms with Crippen molar-refractivity contribution in [1.82, 2.24) is 0 Å². The van der Waals surface area contributed by atoms with E-state index in [1.165, 1.54) is 31.2 Å². The molecule has 3 rings (SSSR count). The van der Waals surface area contributed by atoms with Crippen molar-refractivity contribution in [2.45, 2.75) is 19.2 Å². The van der Waals surface area contributed by atoms with E-state index in [9.17, 15) is 22.8 Å². The van der Waals surface area contributed by atoms with E-state index in [0.717, 1.165) is 12.1 Å². The molecule has 148 valence electrons. The minimum Gasteiger partial charge on any atom is -0.454 e. The zero-order valence-corrected chi connectivity index (χ0v) is 15.1. The number of ether oxygens (including phenoxy) is 3. The van der Waals surface area contributed by atoms with Crippen LogP contribution in [0.25, 0.3) is 0 Å². The Balaban J connectivity index is 1.70. The summed E-state index contributed by atoms with van der Waals surface area (Å²) < 4.78 is 54.3. The molecular formula is C18H13ClF3NO5. The summed E-state index contributed by atoms with van der Waals surface area (Å²) >= 11 is 5.99. The van der Waals surface area contributed by atoms with E-state index in [1.807, 2.05) is 0 Å². The van der Waals surface area contributed by atoms with E-state index in [2.05, 4.69) is 5.32 Å². The number of benzene rings is 2. The fourth-order valence-corrected chi connectivity index (χ4v) is 2.71. The maximum atomic E-state index is 13.0. The lowest BCUT2D eigenvalue weighted by atomic mass is 10.1. The Morgan fingerprint density at radius 2 is 1.93 bits per heavy atom. The summed E-state index contributed by atoms with van der Waals surface area (Å²) in [6.07, 6.45) is -6.01. The molecular weight excluding hydrogens is 403 g/mol. The standard InChI is InChI=1S/C18H13ClF3NO5/c1-9(16(24)23-13-5-3-2-4-11(13)18(20,21)22)28-17(25)10-6-12(19)15-14(7-10)26-8-27-15/h2-7,9H,8H2,1H3,(H,23,24). The van der Waals surface area contributed by atoms with Gasteiger partial charge in [-0.3, -0.25) is 4.79 Å². The number of amides is 1. The molecule has 1 amide bonds. The summed E-state index contributed by atoms with van der Waals surface area (Å²) in [5, 5.41) is 2.24. The summed E-state index contributed by atoms with van der Waals surface area (Å²) in [5.74, 6) is -1.28. The first-order chi connectivity index (χ1) is 13.2. The molecule has 2 aromatic carbocycles. The smallest absolute Gasteiger partial charge is 0.418 e. The van der Waals surface area contributed by atoms with Crippen molar-refractivity contribution < 1.29 is 37.0 Å². The second-order valence-electron chi connectivity index (χ2n) is 5.77. The average molecular weight is 416 g/mol. The minimum atomic E-state index is -4.65. The van der Waals surface area contributed by atoms with E-state index < -0.39 is 35.4 Å². The van der Waals surface area contributed by atoms with E-state index in [1.54, 1.807) is 0 Å². The van der Waals surface area contributed by atoms with Gasteiger partial charge in [0.25, 0.3) is 5.91 Å². The van der Waals surface area contributed by atoms with E-state index in [-0.39, 0.29) is 28.9 Å². The first-order valence-electron chi connectivity index (χ1n) is 7.94. The lowest BCUT2D eigenvalue weighted by Crippen LogP contribution is -2.30. The predicted molar refractivity (Wildman–Crippen MR) is 92.5 cm³/mol. The zero-order valence-electron chi connectivity index (χ0n) is 14.3. The van der Waals surface area contributed by atoms with Crippen LogP contribution >= 0.6 is 11.6 Å². The molecule has 1 atom stereocenters. The van der Waals surface area contributed by atoms with Gasteiger partial charge in [0.15, 0.2) is 17.6 Å². The van der Waals surface area contributed by atoms with Gasteiger partial charge in [0.1, 0.15) is 0 Å². The number of carbonyl (C=O) groups excluding carboxylic acids is 2. The van der Waals surface area contributed by atoms with Crippen LogP contribution in [-0.4, -0.2) is 24.8 Å². The maximum Gasteiger partial charge on any atom is 0.418 e. The van der Waals surface area contributed by atoms with E-state index >= 15 is 0 Å². The van der Waals surface area contributed by atoms with Crippen LogP contribution in [0.1, 0.15) is 22.8 Å². The molecule has 28 heavy (non-hydrogen) atoms. The summed E-state index contributed by atoms with van der Waals surface area (Å²) in [4.78, 5) is 24.4. The minimum absolute atomic E-state index is 0.00425. The van der Waals surface area contributed by atoms with Crippen LogP contribution in [0.4, 0.5) is 18.9 Å². The van der Waals surface area contributed by atoms with Crippen molar-refractivity contribution in [1.29, 1.82) is 0 Å². The maximum absolute atomic E-state index is 13.0. The van der Waals surface area contributed by atoms with Gasteiger partial charge in [-0.1, -0.05) is 23.7 Å². The average Bonchev–Trinajstić information content (AvgIpc) is 3.10. The number of rotatable bonds is 4. The lowest BCUT2D eigenvalue weighted by Gasteiger charge is -2.17. The summed E-state index contributed by atoms with van der Waals surface area (Å²) in [7, 11) is 0. The van der Waals surface area contributed by atoms with Crippen molar-refractivity contribution in [2.75, 3.05) is 12.1 Å². The van der Waals surface area contributed by atoms with Crippen LogP contribution in [0.3, 0.4) is 0 Å². The van der Waals surface area contributed by atoms with Crippen molar-refractivity contribution in [3.63, 3.8) is 0 Å². The van der Waals surface area contributed by atoms with Crippen LogP contribution in [0.15, 0.2) is 36.4 Å². The van der Waals surface area contributed by atoms with Crippen LogP contribution in [0.2, 0.25) is 5.02 Å². The van der Waals surface area contributed by atoms with Crippen LogP contribution in [-0.2, 0) is 15.7 Å². The Morgan fingerprint density at radius 3 is 2.64 bits per heavy atom. The number of halogens is 4. The summed E-state index contributed by atoms with van der Waals surface area (Å²) in [5.41, 5.74) is -1.44. The quantitative estimate of drug-likeness (QED) is 0.755. The number of fused-ring (bicyclic) bond motifs is 1. The molecule has 0 bridgehead atoms. The molecule has 1 unspecified atom stereocenters. The number of esters is 1. The Bertz CT molecular complexity index is 932. The first-order valence-corrected chi connectivity index (χ1v) is 8.32. The Labute approximate surface area is 162 Å². The molecule has 1 N–H and O–H groups in total. The third-order valence-electron chi connectivity index (χ3n) is 3.81. The van der Waals surface area contributed by atoms with Gasteiger partial charge in [-0.2, -0.15) is 13.2 Å². The van der Waals surface area contributed by atoms with Gasteiger partial charge in [0, 0.05) is 0 Å². The monoisotopic (exact) mass is 415 g/mol. The van der Waals surface area contributed by atoms with Crippen LogP contribution < -0.4 is 14.8 Å². The fourth-order valence-electron chi connectivity index (χ4n) is 2.44. The van der Waals surface area contributed by atoms with Crippen LogP contribution in [0, 0.1) is 0 Å². The number of anilines is 1. The molecule has 1 heterocycles. The number of nitrogens with one attached hydrogen (secondary N) is 1. The molecule has 0 aliphatic carbocycles. The van der Waals surface area contributed by atoms with E-state index in [0.29, 0.717) is 0 Å². The Kier molecular flexibility index (Phi) is 5.37. The predicted octanol–water partition coefficient (Wildman–Crippen LogP) is 4.27. The third kappa shape index (κ3) is 4.14. The van der Waals surface area contributed by atoms with Crippen molar-refractivity contribution in [3.05, 3.63) is 52.5 Å². The second-order valence-corrected chi connectivity index (χ2v) is 6.18. The highest BCUT2D eigenvalue weighted by Gasteiger charge is 2.34. The molecule has 0 radical (unpaired) electrons. The van der Waals surface area contributed by atoms with Gasteiger partial charge in [0.05, 0.1) is 21.8 Å². The molecule has 0 spiro atoms. The van der Waals surface area contributed by atoms with Gasteiger partial charge < -0.3 is 19.5 Å². The number of hydrogen-bond acceptors (Lipinski definition) is 5. The van der Waals surface area contributed by atoms with Crippen LogP contribution in [0.5, 0.6) is 11.5 Å². The van der Waals surface area contributed by atoms with E-state index in [4.69, 9.17) is 25.8 Å². The SMILES string of the molecule is CC(OC(=O)c1cc(Cl)c2c(c1)OCO2)C(=O)Nc1ccccc1C(F)(F)F. The Morgan fingerprint density at radius 1 is 1.21 bits per heavy atom. The summed E-state index contributed by atoms with van der Waals surface area (Å²) in [6.45, 7) is 1.18. The van der Waals surface area contributed by atoms with Crippen molar-refractivity contribution in [2.24, 2.45) is 0 Å². The Hall–Kier alpha value is -2.94. The molecule has 0 saturated carbocycles. The zero-order chi connectivity index (χ0) is 20.5. The highest BCUT2D eigenvalue weighted by atomic mass is 35.5. The summed E-state index contributed by atoms with van der Waals surface area (Å²) in [6, 6.07) is 7.09. The fraction of sp³-hybridized carbons (Fsp3) is 0.222. The van der Waals surface area contributed by atoms with Gasteiger partial charge in [-0.15, -0.1) is 0 Å². The molecule has 2 aromatic rings. The number of hydrogen-bond donors (Lipinski definition) is 1. The third-order valence-corrected chi connectivity index (χ3v) is 4.09. The van der Waals surface area contributed by atoms with Gasteiger partial charge in [0.2, 0.25) is 6.79 Å². The molecule has 1 aliphatic heterocycles. The molecule has 0 fully saturated rings. The van der Waals surface area contributed by atoms with Crippen molar-refractivity contribution in [3.8, 4) is 11.5 Å². The van der Waals surface area contributed by atoms with Gasteiger partial charge in [-0.25, -0.2) is 4.79 Å². The highest BCUT2D eigenvalue weighted by Crippen LogP contribution is 2.40. The normalized spacial score (nSPS) is 13.8. The van der Waals surface area contributed by atoms with Crippen molar-refractivity contribution >= 4 is 29.2 Å². The number of alkyl halides is 3.